The zero-order valence-electron chi connectivity index (χ0n) is 16.2. The molecule has 2 aromatic rings. The first-order valence-electron chi connectivity index (χ1n) is 8.77. The number of ether oxygens (including phenoxy) is 2. The second-order valence-corrected chi connectivity index (χ2v) is 9.67. The van der Waals surface area contributed by atoms with E-state index in [1.165, 1.54) is 11.3 Å². The fourth-order valence-electron chi connectivity index (χ4n) is 2.74. The lowest BCUT2D eigenvalue weighted by Crippen LogP contribution is -2.51. The first-order chi connectivity index (χ1) is 13.1. The number of nitrogens with zero attached hydrogens (tertiary/aromatic N) is 4. The van der Waals surface area contributed by atoms with E-state index in [4.69, 9.17) is 9.47 Å². The van der Waals surface area contributed by atoms with E-state index in [2.05, 4.69) is 26.1 Å². The summed E-state index contributed by atoms with van der Waals surface area (Å²) in [6.07, 6.45) is -0.910. The van der Waals surface area contributed by atoms with Crippen LogP contribution in [-0.2, 0) is 14.9 Å². The predicted molar refractivity (Wildman–Crippen MR) is 111 cm³/mol. The number of quaternary nitrogens is 1. The standard InChI is InChI=1S/C18H23BrN4O4S/c1-18(2,3)16-20-21-17(28-16)23(25)11-22(4)9-14(23)27-15(24)10-26-13-7-5-12(19)6-8-13/h5-8,14H,9-11H2,1-4H3. The fraction of sp³-hybridized carbons (Fsp3) is 0.500. The number of benzene rings is 1. The number of carbonyl (C=O) groups is 1. The summed E-state index contributed by atoms with van der Waals surface area (Å²) >= 11 is 4.60. The van der Waals surface area contributed by atoms with Gasteiger partial charge in [-0.1, -0.05) is 41.8 Å². The molecule has 2 unspecified atom stereocenters. The van der Waals surface area contributed by atoms with Gasteiger partial charge in [-0.05, 0) is 42.6 Å². The third-order valence-electron chi connectivity index (χ3n) is 4.20. The van der Waals surface area contributed by atoms with Crippen molar-refractivity contribution in [2.75, 3.05) is 26.9 Å². The number of halogens is 1. The minimum Gasteiger partial charge on any atom is -0.622 e. The van der Waals surface area contributed by atoms with Crippen molar-refractivity contribution in [3.8, 4) is 5.75 Å². The highest BCUT2D eigenvalue weighted by Crippen LogP contribution is 2.37. The summed E-state index contributed by atoms with van der Waals surface area (Å²) in [7, 11) is 1.81. The maximum atomic E-state index is 13.5. The Morgan fingerprint density at radius 1 is 1.36 bits per heavy atom. The second kappa shape index (κ2) is 8.03. The van der Waals surface area contributed by atoms with Gasteiger partial charge in [0.15, 0.2) is 6.61 Å². The molecule has 0 amide bonds. The minimum absolute atomic E-state index is 0.143. The van der Waals surface area contributed by atoms with Gasteiger partial charge in [-0.3, -0.25) is 4.65 Å². The van der Waals surface area contributed by atoms with E-state index in [9.17, 15) is 10.0 Å². The summed E-state index contributed by atoms with van der Waals surface area (Å²) in [5.41, 5.74) is -0.203. The molecule has 1 aliphatic rings. The van der Waals surface area contributed by atoms with Crippen LogP contribution < -0.4 is 9.38 Å². The molecule has 2 heterocycles. The highest BCUT2D eigenvalue weighted by atomic mass is 79.9. The van der Waals surface area contributed by atoms with E-state index in [0.717, 1.165) is 9.48 Å². The van der Waals surface area contributed by atoms with Crippen molar-refractivity contribution in [3.05, 3.63) is 39.0 Å². The Kier molecular flexibility index (Phi) is 6.06. The zero-order chi connectivity index (χ0) is 20.5. The Hall–Kier alpha value is -1.59. The number of likely N-dealkylation sites (N-methyl/N-ethyl adjacent to an activating group) is 1. The van der Waals surface area contributed by atoms with Gasteiger partial charge in [0.05, 0.1) is 6.54 Å². The highest BCUT2D eigenvalue weighted by Gasteiger charge is 2.45. The molecule has 10 heteroatoms. The van der Waals surface area contributed by atoms with Gasteiger partial charge in [-0.2, -0.15) is 0 Å². The predicted octanol–water partition coefficient (Wildman–Crippen LogP) is 3.25. The number of esters is 1. The topological polar surface area (TPSA) is 87.6 Å². The molecule has 0 N–H and O–H groups in total. The molecule has 28 heavy (non-hydrogen) atoms. The van der Waals surface area contributed by atoms with E-state index in [1.807, 2.05) is 44.9 Å². The summed E-state index contributed by atoms with van der Waals surface area (Å²) in [5, 5.41) is 22.8. The molecule has 1 aromatic carbocycles. The first-order valence-corrected chi connectivity index (χ1v) is 10.4. The van der Waals surface area contributed by atoms with E-state index in [1.54, 1.807) is 12.1 Å². The first kappa shape index (κ1) is 21.1. The summed E-state index contributed by atoms with van der Waals surface area (Å²) < 4.78 is 11.0. The Labute approximate surface area is 176 Å². The zero-order valence-corrected chi connectivity index (χ0v) is 18.6. The summed E-state index contributed by atoms with van der Waals surface area (Å²) in [5.74, 6) is -0.0485. The van der Waals surface area contributed by atoms with Crippen LogP contribution >= 0.6 is 27.3 Å². The van der Waals surface area contributed by atoms with Crippen LogP contribution in [0, 0.1) is 5.21 Å². The average molecular weight is 471 g/mol. The number of aromatic nitrogens is 2. The van der Waals surface area contributed by atoms with Crippen LogP contribution in [0.1, 0.15) is 25.8 Å². The molecule has 0 bridgehead atoms. The number of hydroxylamine groups is 2. The highest BCUT2D eigenvalue weighted by molar-refractivity contribution is 9.10. The molecule has 2 atom stereocenters. The second-order valence-electron chi connectivity index (χ2n) is 7.80. The van der Waals surface area contributed by atoms with Gasteiger partial charge in [-0.25, -0.2) is 9.69 Å². The smallest absolute Gasteiger partial charge is 0.348 e. The van der Waals surface area contributed by atoms with Crippen LogP contribution in [0.15, 0.2) is 28.7 Å². The van der Waals surface area contributed by atoms with E-state index in [-0.39, 0.29) is 18.7 Å². The molecule has 8 nitrogen and oxygen atoms in total. The number of carbonyl (C=O) groups excluding carboxylic acids is 1. The summed E-state index contributed by atoms with van der Waals surface area (Å²) in [4.78, 5) is 14.1. The number of hydrogen-bond acceptors (Lipinski definition) is 8. The largest absolute Gasteiger partial charge is 0.622 e. The summed E-state index contributed by atoms with van der Waals surface area (Å²) in [6.45, 7) is 6.23. The molecule has 1 aromatic heterocycles. The quantitative estimate of drug-likeness (QED) is 0.376. The van der Waals surface area contributed by atoms with Gasteiger partial charge in [0.2, 0.25) is 0 Å². The minimum atomic E-state index is -0.910. The molecule has 152 valence electrons. The molecule has 1 aliphatic heterocycles. The monoisotopic (exact) mass is 470 g/mol. The molecule has 0 saturated carbocycles. The van der Waals surface area contributed by atoms with Crippen LogP contribution in [-0.4, -0.2) is 54.2 Å². The third kappa shape index (κ3) is 4.69. The van der Waals surface area contributed by atoms with Crippen LogP contribution in [0.3, 0.4) is 0 Å². The molecular weight excluding hydrogens is 448 g/mol. The molecule has 1 saturated heterocycles. The maximum absolute atomic E-state index is 13.5. The van der Waals surface area contributed by atoms with Crippen LogP contribution in [0.4, 0.5) is 5.13 Å². The van der Waals surface area contributed by atoms with Gasteiger partial charge in [0.1, 0.15) is 17.4 Å². The van der Waals surface area contributed by atoms with Crippen LogP contribution in [0.5, 0.6) is 5.75 Å². The molecule has 0 spiro atoms. The SMILES string of the molecule is CN1CC(OC(=O)COc2ccc(Br)cc2)[N+]([O-])(c2nnc(C(C)(C)C)s2)C1. The van der Waals surface area contributed by atoms with E-state index < -0.39 is 16.8 Å². The summed E-state index contributed by atoms with van der Waals surface area (Å²) in [6, 6.07) is 7.11. The Morgan fingerprint density at radius 3 is 2.64 bits per heavy atom. The van der Waals surface area contributed by atoms with Crippen molar-refractivity contribution in [2.24, 2.45) is 0 Å². The molecule has 1 fully saturated rings. The molecule has 0 aliphatic carbocycles. The maximum Gasteiger partial charge on any atom is 0.348 e. The Bertz CT molecular complexity index is 839. The van der Waals surface area contributed by atoms with Crippen molar-refractivity contribution in [1.82, 2.24) is 19.7 Å². The van der Waals surface area contributed by atoms with Crippen molar-refractivity contribution < 1.29 is 14.3 Å². The number of rotatable bonds is 5. The van der Waals surface area contributed by atoms with Crippen molar-refractivity contribution in [1.29, 1.82) is 0 Å². The lowest BCUT2D eigenvalue weighted by Gasteiger charge is -2.38. The van der Waals surface area contributed by atoms with Gasteiger partial charge < -0.3 is 14.7 Å². The molecule has 0 radical (unpaired) electrons. The Morgan fingerprint density at radius 2 is 2.04 bits per heavy atom. The van der Waals surface area contributed by atoms with Gasteiger partial charge in [0.25, 0.3) is 6.23 Å². The fourth-order valence-corrected chi connectivity index (χ4v) is 3.98. The average Bonchev–Trinajstić information content (AvgIpc) is 3.20. The molecular formula is C18H23BrN4O4S. The normalized spacial score (nSPS) is 23.0. The van der Waals surface area contributed by atoms with E-state index >= 15 is 0 Å². The van der Waals surface area contributed by atoms with Crippen LogP contribution in [0.25, 0.3) is 0 Å². The van der Waals surface area contributed by atoms with Crippen molar-refractivity contribution in [2.45, 2.75) is 32.4 Å². The Balaban J connectivity index is 1.68. The third-order valence-corrected chi connectivity index (χ3v) is 6.19. The van der Waals surface area contributed by atoms with Crippen molar-refractivity contribution >= 4 is 38.4 Å². The van der Waals surface area contributed by atoms with Gasteiger partial charge in [0, 0.05) is 9.89 Å². The van der Waals surface area contributed by atoms with Crippen LogP contribution in [0.2, 0.25) is 0 Å². The van der Waals surface area contributed by atoms with Crippen molar-refractivity contribution in [3.63, 3.8) is 0 Å². The molecule has 3 rings (SSSR count). The lowest BCUT2D eigenvalue weighted by molar-refractivity contribution is -0.155. The lowest BCUT2D eigenvalue weighted by atomic mass is 9.98. The number of hydrogen-bond donors (Lipinski definition) is 0. The van der Waals surface area contributed by atoms with Gasteiger partial charge >= 0.3 is 11.1 Å². The van der Waals surface area contributed by atoms with E-state index in [0.29, 0.717) is 17.4 Å². The van der Waals surface area contributed by atoms with Gasteiger partial charge in [-0.15, -0.1) is 5.10 Å².